The molecule has 1 N–H and O–H groups in total. The molecule has 3 nitrogen and oxygen atoms in total. The predicted molar refractivity (Wildman–Crippen MR) is 82.6 cm³/mol. The molecule has 0 aliphatic carbocycles. The molecule has 1 aromatic rings. The van der Waals surface area contributed by atoms with Crippen molar-refractivity contribution in [1.82, 2.24) is 10.2 Å². The van der Waals surface area contributed by atoms with E-state index in [0.717, 1.165) is 51.2 Å². The molecular formula is C17H26N2O. The first-order chi connectivity index (χ1) is 9.75. The molecule has 20 heavy (non-hydrogen) atoms. The summed E-state index contributed by atoms with van der Waals surface area (Å²) in [6, 6.07) is 10.5. The number of piperidine rings is 1. The Morgan fingerprint density at radius 2 is 1.95 bits per heavy atom. The Hall–Kier alpha value is -1.35. The number of likely N-dealkylation sites (tertiary alicyclic amines) is 1. The zero-order valence-corrected chi connectivity index (χ0v) is 12.5. The van der Waals surface area contributed by atoms with Gasteiger partial charge in [-0.05, 0) is 43.7 Å². The van der Waals surface area contributed by atoms with E-state index in [0.29, 0.717) is 6.54 Å². The lowest BCUT2D eigenvalue weighted by Gasteiger charge is -2.30. The van der Waals surface area contributed by atoms with Gasteiger partial charge in [-0.25, -0.2) is 0 Å². The van der Waals surface area contributed by atoms with Gasteiger partial charge < -0.3 is 10.2 Å². The quantitative estimate of drug-likeness (QED) is 0.808. The van der Waals surface area contributed by atoms with Crippen molar-refractivity contribution in [3.05, 3.63) is 35.9 Å². The molecule has 1 saturated heterocycles. The Kier molecular flexibility index (Phi) is 6.06. The largest absolute Gasteiger partial charge is 0.342 e. The lowest BCUT2D eigenvalue weighted by molar-refractivity contribution is -0.131. The second-order valence-corrected chi connectivity index (χ2v) is 5.83. The van der Waals surface area contributed by atoms with Gasteiger partial charge in [0.15, 0.2) is 0 Å². The van der Waals surface area contributed by atoms with Gasteiger partial charge in [-0.15, -0.1) is 0 Å². The third-order valence-electron chi connectivity index (χ3n) is 4.07. The molecule has 0 atom stereocenters. The summed E-state index contributed by atoms with van der Waals surface area (Å²) in [6.45, 7) is 5.54. The highest BCUT2D eigenvalue weighted by atomic mass is 16.2. The van der Waals surface area contributed by atoms with Gasteiger partial charge in [0.25, 0.3) is 0 Å². The van der Waals surface area contributed by atoms with Gasteiger partial charge >= 0.3 is 0 Å². The van der Waals surface area contributed by atoms with Crippen LogP contribution in [0.2, 0.25) is 0 Å². The minimum absolute atomic E-state index is 0.261. The molecule has 1 fully saturated rings. The fraction of sp³-hybridized carbons (Fsp3) is 0.588. The van der Waals surface area contributed by atoms with E-state index in [1.54, 1.807) is 0 Å². The van der Waals surface area contributed by atoms with Crippen LogP contribution in [0.4, 0.5) is 0 Å². The third-order valence-corrected chi connectivity index (χ3v) is 4.07. The Balaban J connectivity index is 1.55. The molecule has 110 valence electrons. The average Bonchev–Trinajstić information content (AvgIpc) is 2.48. The highest BCUT2D eigenvalue weighted by Crippen LogP contribution is 2.15. The minimum Gasteiger partial charge on any atom is -0.342 e. The summed E-state index contributed by atoms with van der Waals surface area (Å²) in [4.78, 5) is 14.0. The number of carbonyl (C=O) groups excluding carboxylic acids is 1. The number of hydrogen-bond acceptors (Lipinski definition) is 2. The van der Waals surface area contributed by atoms with E-state index in [1.165, 1.54) is 5.56 Å². The molecule has 0 radical (unpaired) electrons. The number of amides is 1. The van der Waals surface area contributed by atoms with Crippen molar-refractivity contribution in [2.75, 3.05) is 26.2 Å². The first-order valence-corrected chi connectivity index (χ1v) is 7.78. The molecule has 1 heterocycles. The third kappa shape index (κ3) is 4.97. The normalized spacial score (nSPS) is 16.4. The van der Waals surface area contributed by atoms with Crippen molar-refractivity contribution >= 4 is 5.91 Å². The molecule has 0 aromatic heterocycles. The standard InChI is InChI=1S/C17H26N2O/c1-15-9-12-19(13-10-15)17(20)14-18-11-5-8-16-6-3-2-4-7-16/h2-4,6-7,15,18H,5,8-14H2,1H3. The first-order valence-electron chi connectivity index (χ1n) is 7.78. The smallest absolute Gasteiger partial charge is 0.236 e. The lowest BCUT2D eigenvalue weighted by Crippen LogP contribution is -2.42. The average molecular weight is 274 g/mol. The van der Waals surface area contributed by atoms with Gasteiger partial charge in [0.05, 0.1) is 6.54 Å². The number of rotatable bonds is 6. The molecular weight excluding hydrogens is 248 g/mol. The van der Waals surface area contributed by atoms with Crippen molar-refractivity contribution in [3.63, 3.8) is 0 Å². The fourth-order valence-corrected chi connectivity index (χ4v) is 2.63. The molecule has 0 unspecified atom stereocenters. The molecule has 1 aliphatic rings. The van der Waals surface area contributed by atoms with Crippen molar-refractivity contribution in [3.8, 4) is 0 Å². The number of benzene rings is 1. The van der Waals surface area contributed by atoms with Crippen LogP contribution >= 0.6 is 0 Å². The molecule has 1 aliphatic heterocycles. The van der Waals surface area contributed by atoms with Gasteiger partial charge in [0, 0.05) is 13.1 Å². The number of aryl methyl sites for hydroxylation is 1. The predicted octanol–water partition coefficient (Wildman–Crippen LogP) is 2.47. The molecule has 1 amide bonds. The monoisotopic (exact) mass is 274 g/mol. The second kappa shape index (κ2) is 8.05. The van der Waals surface area contributed by atoms with E-state index in [4.69, 9.17) is 0 Å². The van der Waals surface area contributed by atoms with E-state index in [9.17, 15) is 4.79 Å². The van der Waals surface area contributed by atoms with Crippen molar-refractivity contribution in [2.24, 2.45) is 5.92 Å². The zero-order chi connectivity index (χ0) is 14.2. The van der Waals surface area contributed by atoms with Crippen LogP contribution < -0.4 is 5.32 Å². The molecule has 3 heteroatoms. The number of nitrogens with one attached hydrogen (secondary N) is 1. The molecule has 1 aromatic carbocycles. The summed E-state index contributed by atoms with van der Waals surface area (Å²) in [5.41, 5.74) is 1.37. The highest BCUT2D eigenvalue weighted by molar-refractivity contribution is 5.78. The van der Waals surface area contributed by atoms with E-state index in [-0.39, 0.29) is 5.91 Å². The van der Waals surface area contributed by atoms with Crippen molar-refractivity contribution < 1.29 is 4.79 Å². The van der Waals surface area contributed by atoms with Gasteiger partial charge in [0.2, 0.25) is 5.91 Å². The number of hydrogen-bond donors (Lipinski definition) is 1. The van der Waals surface area contributed by atoms with Gasteiger partial charge in [0.1, 0.15) is 0 Å². The van der Waals surface area contributed by atoms with Gasteiger partial charge in [-0.3, -0.25) is 4.79 Å². The van der Waals surface area contributed by atoms with E-state index in [1.807, 2.05) is 11.0 Å². The van der Waals surface area contributed by atoms with E-state index in [2.05, 4.69) is 36.5 Å². The van der Waals surface area contributed by atoms with Crippen molar-refractivity contribution in [2.45, 2.75) is 32.6 Å². The Morgan fingerprint density at radius 3 is 2.65 bits per heavy atom. The maximum atomic E-state index is 12.0. The summed E-state index contributed by atoms with van der Waals surface area (Å²) in [5, 5.41) is 3.27. The summed E-state index contributed by atoms with van der Waals surface area (Å²) >= 11 is 0. The Labute approximate surface area is 122 Å². The van der Waals surface area contributed by atoms with Crippen LogP contribution in [0.25, 0.3) is 0 Å². The van der Waals surface area contributed by atoms with Crippen molar-refractivity contribution in [1.29, 1.82) is 0 Å². The first kappa shape index (κ1) is 15.0. The van der Waals surface area contributed by atoms with Crippen LogP contribution in [0.3, 0.4) is 0 Å². The highest BCUT2D eigenvalue weighted by Gasteiger charge is 2.19. The number of nitrogens with zero attached hydrogens (tertiary/aromatic N) is 1. The maximum absolute atomic E-state index is 12.0. The summed E-state index contributed by atoms with van der Waals surface area (Å²) < 4.78 is 0. The van der Waals surface area contributed by atoms with E-state index < -0.39 is 0 Å². The zero-order valence-electron chi connectivity index (χ0n) is 12.5. The molecule has 0 bridgehead atoms. The summed E-state index contributed by atoms with van der Waals surface area (Å²) in [6.07, 6.45) is 4.46. The van der Waals surface area contributed by atoms with E-state index >= 15 is 0 Å². The molecule has 0 saturated carbocycles. The Morgan fingerprint density at radius 1 is 1.25 bits per heavy atom. The van der Waals surface area contributed by atoms with Crippen LogP contribution in [0.5, 0.6) is 0 Å². The molecule has 2 rings (SSSR count). The summed E-state index contributed by atoms with van der Waals surface area (Å²) in [7, 11) is 0. The van der Waals surface area contributed by atoms with Crippen LogP contribution in [-0.4, -0.2) is 37.0 Å². The van der Waals surface area contributed by atoms with Crippen LogP contribution in [0.1, 0.15) is 31.7 Å². The SMILES string of the molecule is CC1CCN(C(=O)CNCCCc2ccccc2)CC1. The molecule has 0 spiro atoms. The van der Waals surface area contributed by atoms with Crippen LogP contribution in [-0.2, 0) is 11.2 Å². The second-order valence-electron chi connectivity index (χ2n) is 5.83. The summed E-state index contributed by atoms with van der Waals surface area (Å²) in [5.74, 6) is 1.04. The number of carbonyl (C=O) groups is 1. The van der Waals surface area contributed by atoms with Gasteiger partial charge in [-0.1, -0.05) is 37.3 Å². The van der Waals surface area contributed by atoms with Crippen LogP contribution in [0.15, 0.2) is 30.3 Å². The lowest BCUT2D eigenvalue weighted by atomic mass is 9.99. The van der Waals surface area contributed by atoms with Crippen LogP contribution in [0, 0.1) is 5.92 Å². The van der Waals surface area contributed by atoms with Gasteiger partial charge in [-0.2, -0.15) is 0 Å². The topological polar surface area (TPSA) is 32.3 Å². The minimum atomic E-state index is 0.261. The maximum Gasteiger partial charge on any atom is 0.236 e. The Bertz CT molecular complexity index is 397. The fourth-order valence-electron chi connectivity index (χ4n) is 2.63.